The van der Waals surface area contributed by atoms with Crippen LogP contribution in [0.3, 0.4) is 0 Å². The monoisotopic (exact) mass is 327 g/mol. The quantitative estimate of drug-likeness (QED) is 0.835. The number of hydrogen-bond donors (Lipinski definition) is 1. The molecule has 0 aliphatic heterocycles. The molecule has 1 N–H and O–H groups in total. The van der Waals surface area contributed by atoms with Crippen molar-refractivity contribution >= 4 is 21.9 Å². The molecule has 4 heteroatoms. The third-order valence-corrected chi connectivity index (χ3v) is 3.10. The van der Waals surface area contributed by atoms with Crippen molar-refractivity contribution in [1.82, 2.24) is 5.32 Å². The summed E-state index contributed by atoms with van der Waals surface area (Å²) >= 11 is 3.41. The Morgan fingerprint density at radius 3 is 2.42 bits per heavy atom. The van der Waals surface area contributed by atoms with Crippen LogP contribution >= 0.6 is 15.9 Å². The van der Waals surface area contributed by atoms with Gasteiger partial charge in [0.05, 0.1) is 6.42 Å². The molecule has 0 radical (unpaired) electrons. The van der Waals surface area contributed by atoms with E-state index in [-0.39, 0.29) is 12.0 Å². The molecule has 1 atom stereocenters. The summed E-state index contributed by atoms with van der Waals surface area (Å²) < 4.78 is 6.32. The summed E-state index contributed by atoms with van der Waals surface area (Å²) in [5, 5.41) is 3.32. The van der Waals surface area contributed by atoms with Crippen LogP contribution in [0.4, 0.5) is 0 Å². The molecule has 0 amide bonds. The summed E-state index contributed by atoms with van der Waals surface area (Å²) in [6.07, 6.45) is 0.387. The Morgan fingerprint density at radius 1 is 1.32 bits per heavy atom. The van der Waals surface area contributed by atoms with Crippen LogP contribution in [0.2, 0.25) is 0 Å². The lowest BCUT2D eigenvalue weighted by molar-refractivity contribution is -0.154. The molecule has 106 valence electrons. The number of esters is 1. The Morgan fingerprint density at radius 2 is 1.89 bits per heavy atom. The van der Waals surface area contributed by atoms with E-state index in [0.717, 1.165) is 4.47 Å². The van der Waals surface area contributed by atoms with Crippen molar-refractivity contribution in [3.8, 4) is 0 Å². The fourth-order valence-electron chi connectivity index (χ4n) is 1.65. The third-order valence-electron chi connectivity index (χ3n) is 2.57. The van der Waals surface area contributed by atoms with E-state index in [1.54, 1.807) is 0 Å². The number of hydrogen-bond acceptors (Lipinski definition) is 3. The molecule has 0 aliphatic rings. The first-order valence-electron chi connectivity index (χ1n) is 6.48. The van der Waals surface area contributed by atoms with Gasteiger partial charge in [-0.15, -0.1) is 0 Å². The Labute approximate surface area is 123 Å². The first kappa shape index (κ1) is 16.2. The minimum atomic E-state index is -0.408. The third kappa shape index (κ3) is 6.73. The lowest BCUT2D eigenvalue weighted by Crippen LogP contribution is -2.27. The van der Waals surface area contributed by atoms with Crippen molar-refractivity contribution in [2.24, 2.45) is 0 Å². The van der Waals surface area contributed by atoms with Crippen LogP contribution in [0.1, 0.15) is 45.7 Å². The van der Waals surface area contributed by atoms with Gasteiger partial charge in [0.25, 0.3) is 0 Å². The zero-order valence-corrected chi connectivity index (χ0v) is 13.6. The van der Waals surface area contributed by atoms with E-state index < -0.39 is 5.60 Å². The zero-order valence-electron chi connectivity index (χ0n) is 12.0. The summed E-state index contributed by atoms with van der Waals surface area (Å²) in [6.45, 7) is 8.33. The van der Waals surface area contributed by atoms with Crippen molar-refractivity contribution in [2.75, 3.05) is 6.54 Å². The van der Waals surface area contributed by atoms with Crippen molar-refractivity contribution in [2.45, 2.75) is 45.8 Å². The van der Waals surface area contributed by atoms with E-state index in [1.807, 2.05) is 32.9 Å². The van der Waals surface area contributed by atoms with E-state index in [0.29, 0.717) is 13.0 Å². The number of nitrogens with one attached hydrogen (secondary N) is 1. The molecule has 1 aromatic carbocycles. The van der Waals surface area contributed by atoms with Gasteiger partial charge in [-0.1, -0.05) is 28.1 Å². The van der Waals surface area contributed by atoms with Gasteiger partial charge in [0, 0.05) is 17.1 Å². The molecule has 19 heavy (non-hydrogen) atoms. The molecular weight excluding hydrogens is 306 g/mol. The molecule has 0 aliphatic carbocycles. The van der Waals surface area contributed by atoms with Crippen LogP contribution in [0.25, 0.3) is 0 Å². The normalized spacial score (nSPS) is 13.1. The molecule has 0 aromatic heterocycles. The number of halogens is 1. The van der Waals surface area contributed by atoms with Crippen molar-refractivity contribution < 1.29 is 9.53 Å². The van der Waals surface area contributed by atoms with Crippen LogP contribution < -0.4 is 5.32 Å². The molecule has 0 saturated heterocycles. The fraction of sp³-hybridized carbons (Fsp3) is 0.533. The second kappa shape index (κ2) is 7.06. The molecule has 0 heterocycles. The molecular formula is C15H22BrNO2. The largest absolute Gasteiger partial charge is 0.460 e. The van der Waals surface area contributed by atoms with Gasteiger partial charge in [-0.25, -0.2) is 0 Å². The van der Waals surface area contributed by atoms with Crippen molar-refractivity contribution in [3.63, 3.8) is 0 Å². The van der Waals surface area contributed by atoms with Gasteiger partial charge in [-0.2, -0.15) is 0 Å². The highest BCUT2D eigenvalue weighted by Crippen LogP contribution is 2.16. The molecule has 0 fully saturated rings. The molecule has 0 spiro atoms. The van der Waals surface area contributed by atoms with Crippen LogP contribution in [0, 0.1) is 0 Å². The maximum atomic E-state index is 11.6. The average molecular weight is 328 g/mol. The summed E-state index contributed by atoms with van der Waals surface area (Å²) in [5.74, 6) is -0.164. The van der Waals surface area contributed by atoms with Gasteiger partial charge >= 0.3 is 5.97 Å². The number of carbonyl (C=O) groups is 1. The van der Waals surface area contributed by atoms with Crippen LogP contribution in [-0.2, 0) is 9.53 Å². The van der Waals surface area contributed by atoms with Gasteiger partial charge in [0.2, 0.25) is 0 Å². The van der Waals surface area contributed by atoms with E-state index in [1.165, 1.54) is 5.56 Å². The van der Waals surface area contributed by atoms with E-state index in [4.69, 9.17) is 4.74 Å². The number of rotatable bonds is 5. The van der Waals surface area contributed by atoms with Crippen molar-refractivity contribution in [1.29, 1.82) is 0 Å². The summed E-state index contributed by atoms with van der Waals surface area (Å²) in [5.41, 5.74) is 0.793. The number of carbonyl (C=O) groups excluding carboxylic acids is 1. The molecule has 1 unspecified atom stereocenters. The van der Waals surface area contributed by atoms with Gasteiger partial charge in [0.1, 0.15) is 5.60 Å². The average Bonchev–Trinajstić information content (AvgIpc) is 2.27. The Kier molecular flexibility index (Phi) is 6.01. The minimum absolute atomic E-state index is 0.164. The molecule has 1 aromatic rings. The molecule has 1 rings (SSSR count). The van der Waals surface area contributed by atoms with Gasteiger partial charge in [-0.05, 0) is 45.4 Å². The van der Waals surface area contributed by atoms with E-state index >= 15 is 0 Å². The highest BCUT2D eigenvalue weighted by atomic mass is 79.9. The van der Waals surface area contributed by atoms with Crippen LogP contribution in [0.5, 0.6) is 0 Å². The zero-order chi connectivity index (χ0) is 14.5. The Bertz CT molecular complexity index is 409. The van der Waals surface area contributed by atoms with Gasteiger partial charge in [0.15, 0.2) is 0 Å². The standard InChI is InChI=1S/C15H22BrNO2/c1-11(12-5-7-13(16)8-6-12)17-10-9-14(18)19-15(2,3)4/h5-8,11,17H,9-10H2,1-4H3. The van der Waals surface area contributed by atoms with Crippen molar-refractivity contribution in [3.05, 3.63) is 34.3 Å². The van der Waals surface area contributed by atoms with Gasteiger partial charge in [-0.3, -0.25) is 4.79 Å². The maximum Gasteiger partial charge on any atom is 0.307 e. The van der Waals surface area contributed by atoms with Gasteiger partial charge < -0.3 is 10.1 Å². The smallest absolute Gasteiger partial charge is 0.307 e. The predicted molar refractivity (Wildman–Crippen MR) is 81.0 cm³/mol. The van der Waals surface area contributed by atoms with E-state index in [2.05, 4.69) is 40.3 Å². The van der Waals surface area contributed by atoms with E-state index in [9.17, 15) is 4.79 Å². The second-order valence-electron chi connectivity index (χ2n) is 5.56. The topological polar surface area (TPSA) is 38.3 Å². The Hall–Kier alpha value is -0.870. The fourth-order valence-corrected chi connectivity index (χ4v) is 1.92. The first-order valence-corrected chi connectivity index (χ1v) is 7.28. The summed E-state index contributed by atoms with van der Waals surface area (Å²) in [6, 6.07) is 8.38. The lowest BCUT2D eigenvalue weighted by Gasteiger charge is -2.20. The maximum absolute atomic E-state index is 11.6. The Balaban J connectivity index is 2.33. The number of benzene rings is 1. The van der Waals surface area contributed by atoms with Crippen LogP contribution in [-0.4, -0.2) is 18.1 Å². The van der Waals surface area contributed by atoms with Crippen LogP contribution in [0.15, 0.2) is 28.7 Å². The number of ether oxygens (including phenoxy) is 1. The highest BCUT2D eigenvalue weighted by Gasteiger charge is 2.16. The minimum Gasteiger partial charge on any atom is -0.460 e. The SMILES string of the molecule is CC(NCCC(=O)OC(C)(C)C)c1ccc(Br)cc1. The second-order valence-corrected chi connectivity index (χ2v) is 6.48. The molecule has 0 bridgehead atoms. The summed E-state index contributed by atoms with van der Waals surface area (Å²) in [7, 11) is 0. The first-order chi connectivity index (χ1) is 8.78. The predicted octanol–water partition coefficient (Wildman–Crippen LogP) is 3.83. The lowest BCUT2D eigenvalue weighted by atomic mass is 10.1. The highest BCUT2D eigenvalue weighted by molar-refractivity contribution is 9.10. The summed E-state index contributed by atoms with van der Waals surface area (Å²) in [4.78, 5) is 11.6. The molecule has 0 saturated carbocycles. The molecule has 3 nitrogen and oxygen atoms in total.